The Morgan fingerprint density at radius 1 is 0.846 bits per heavy atom. The standard InChI is InChI=1S/C20H21N3O2S/c1-14(24)15-4-8-17(9-5-15)21-20(26)22-18-10-6-16(7-11-18)19(25)23-12-2-3-13-23/h4-11H,2-3,12-13H2,1H3,(H2,21,22,26). The van der Waals surface area contributed by atoms with Crippen LogP contribution in [0.1, 0.15) is 40.5 Å². The number of benzene rings is 2. The van der Waals surface area contributed by atoms with Crippen molar-refractivity contribution >= 4 is 40.4 Å². The zero-order chi connectivity index (χ0) is 18.5. The highest BCUT2D eigenvalue weighted by atomic mass is 32.1. The van der Waals surface area contributed by atoms with E-state index in [4.69, 9.17) is 12.2 Å². The number of rotatable bonds is 4. The van der Waals surface area contributed by atoms with Crippen LogP contribution in [-0.2, 0) is 0 Å². The molecule has 0 bridgehead atoms. The molecule has 1 fully saturated rings. The van der Waals surface area contributed by atoms with Crippen LogP contribution in [0.4, 0.5) is 11.4 Å². The van der Waals surface area contributed by atoms with Gasteiger partial charge in [-0.2, -0.15) is 0 Å². The SMILES string of the molecule is CC(=O)c1ccc(NC(=S)Nc2ccc(C(=O)N3CCCC3)cc2)cc1. The minimum Gasteiger partial charge on any atom is -0.339 e. The smallest absolute Gasteiger partial charge is 0.253 e. The Bertz CT molecular complexity index is 810. The molecule has 2 N–H and O–H groups in total. The largest absolute Gasteiger partial charge is 0.339 e. The molecule has 1 heterocycles. The highest BCUT2D eigenvalue weighted by molar-refractivity contribution is 7.80. The molecule has 6 heteroatoms. The van der Waals surface area contributed by atoms with Gasteiger partial charge in [0.1, 0.15) is 0 Å². The van der Waals surface area contributed by atoms with E-state index in [1.807, 2.05) is 41.3 Å². The van der Waals surface area contributed by atoms with Crippen molar-refractivity contribution in [3.05, 3.63) is 59.7 Å². The van der Waals surface area contributed by atoms with E-state index in [9.17, 15) is 9.59 Å². The monoisotopic (exact) mass is 367 g/mol. The van der Waals surface area contributed by atoms with Crippen molar-refractivity contribution in [1.29, 1.82) is 0 Å². The summed E-state index contributed by atoms with van der Waals surface area (Å²) in [4.78, 5) is 25.5. The first-order valence-electron chi connectivity index (χ1n) is 8.61. The van der Waals surface area contributed by atoms with Crippen molar-refractivity contribution in [2.45, 2.75) is 19.8 Å². The zero-order valence-electron chi connectivity index (χ0n) is 14.6. The molecule has 0 radical (unpaired) electrons. The van der Waals surface area contributed by atoms with Gasteiger partial charge in [-0.25, -0.2) is 0 Å². The van der Waals surface area contributed by atoms with E-state index in [1.54, 1.807) is 12.1 Å². The number of hydrogen-bond acceptors (Lipinski definition) is 3. The Morgan fingerprint density at radius 3 is 1.77 bits per heavy atom. The summed E-state index contributed by atoms with van der Waals surface area (Å²) in [7, 11) is 0. The van der Waals surface area contributed by atoms with Gasteiger partial charge in [0.2, 0.25) is 0 Å². The van der Waals surface area contributed by atoms with E-state index in [0.717, 1.165) is 37.3 Å². The van der Waals surface area contributed by atoms with Gasteiger partial charge in [0.05, 0.1) is 0 Å². The van der Waals surface area contributed by atoms with Gasteiger partial charge in [0, 0.05) is 35.6 Å². The lowest BCUT2D eigenvalue weighted by molar-refractivity contribution is 0.0792. The molecule has 1 amide bonds. The van der Waals surface area contributed by atoms with Gasteiger partial charge < -0.3 is 15.5 Å². The van der Waals surface area contributed by atoms with Gasteiger partial charge in [-0.05, 0) is 80.5 Å². The maximum absolute atomic E-state index is 12.3. The Morgan fingerprint density at radius 2 is 1.31 bits per heavy atom. The minimum atomic E-state index is 0.0285. The molecule has 3 rings (SSSR count). The van der Waals surface area contributed by atoms with E-state index in [1.165, 1.54) is 6.92 Å². The summed E-state index contributed by atoms with van der Waals surface area (Å²) in [5.74, 6) is 0.112. The quantitative estimate of drug-likeness (QED) is 0.633. The predicted octanol–water partition coefficient (Wildman–Crippen LogP) is 3.93. The van der Waals surface area contributed by atoms with Crippen LogP contribution in [0, 0.1) is 0 Å². The first-order valence-corrected chi connectivity index (χ1v) is 9.02. The Kier molecular flexibility index (Phi) is 5.63. The average molecular weight is 367 g/mol. The van der Waals surface area contributed by atoms with Crippen LogP contribution in [-0.4, -0.2) is 34.8 Å². The molecule has 1 aliphatic heterocycles. The number of Topliss-reactive ketones (excluding diaryl/α,β-unsaturated/α-hetero) is 1. The van der Waals surface area contributed by atoms with Gasteiger partial charge >= 0.3 is 0 Å². The van der Waals surface area contributed by atoms with E-state index < -0.39 is 0 Å². The molecule has 134 valence electrons. The third kappa shape index (κ3) is 4.46. The normalized spacial score (nSPS) is 13.3. The van der Waals surface area contributed by atoms with Crippen molar-refractivity contribution in [2.75, 3.05) is 23.7 Å². The van der Waals surface area contributed by atoms with Crippen LogP contribution in [0.3, 0.4) is 0 Å². The molecule has 0 spiro atoms. The van der Waals surface area contributed by atoms with E-state index in [2.05, 4.69) is 10.6 Å². The first kappa shape index (κ1) is 18.1. The number of ketones is 1. The van der Waals surface area contributed by atoms with Crippen LogP contribution in [0.25, 0.3) is 0 Å². The van der Waals surface area contributed by atoms with Crippen LogP contribution in [0.15, 0.2) is 48.5 Å². The topological polar surface area (TPSA) is 61.4 Å². The van der Waals surface area contributed by atoms with Crippen LogP contribution >= 0.6 is 12.2 Å². The number of nitrogens with one attached hydrogen (secondary N) is 2. The Hall–Kier alpha value is -2.73. The fraction of sp³-hybridized carbons (Fsp3) is 0.250. The molecule has 0 aliphatic carbocycles. The molecule has 1 aliphatic rings. The number of amides is 1. The van der Waals surface area contributed by atoms with E-state index >= 15 is 0 Å². The molecular weight excluding hydrogens is 346 g/mol. The molecular formula is C20H21N3O2S. The lowest BCUT2D eigenvalue weighted by atomic mass is 10.1. The molecule has 0 saturated carbocycles. The van der Waals surface area contributed by atoms with Gasteiger partial charge in [-0.3, -0.25) is 9.59 Å². The number of carbonyl (C=O) groups excluding carboxylic acids is 2. The number of likely N-dealkylation sites (tertiary alicyclic amines) is 1. The van der Waals surface area contributed by atoms with Crippen molar-refractivity contribution in [2.24, 2.45) is 0 Å². The third-order valence-corrected chi connectivity index (χ3v) is 4.54. The highest BCUT2D eigenvalue weighted by Crippen LogP contribution is 2.16. The first-order chi connectivity index (χ1) is 12.5. The Labute approximate surface area is 158 Å². The highest BCUT2D eigenvalue weighted by Gasteiger charge is 2.19. The van der Waals surface area contributed by atoms with E-state index in [-0.39, 0.29) is 11.7 Å². The lowest BCUT2D eigenvalue weighted by Crippen LogP contribution is -2.27. The molecule has 5 nitrogen and oxygen atoms in total. The van der Waals surface area contributed by atoms with Gasteiger partial charge in [-0.15, -0.1) is 0 Å². The summed E-state index contributed by atoms with van der Waals surface area (Å²) in [6.07, 6.45) is 2.16. The number of thiocarbonyl (C=S) groups is 1. The number of nitrogens with zero attached hydrogens (tertiary/aromatic N) is 1. The number of anilines is 2. The molecule has 0 unspecified atom stereocenters. The summed E-state index contributed by atoms with van der Waals surface area (Å²) in [5, 5.41) is 6.61. The van der Waals surface area contributed by atoms with Crippen molar-refractivity contribution < 1.29 is 9.59 Å². The summed E-state index contributed by atoms with van der Waals surface area (Å²) in [5.41, 5.74) is 2.96. The maximum Gasteiger partial charge on any atom is 0.253 e. The van der Waals surface area contributed by atoms with Crippen LogP contribution in [0.2, 0.25) is 0 Å². The van der Waals surface area contributed by atoms with Crippen molar-refractivity contribution in [3.8, 4) is 0 Å². The second-order valence-corrected chi connectivity index (χ2v) is 6.70. The molecule has 0 atom stereocenters. The molecule has 1 saturated heterocycles. The van der Waals surface area contributed by atoms with Crippen LogP contribution < -0.4 is 10.6 Å². The summed E-state index contributed by atoms with van der Waals surface area (Å²) in [6, 6.07) is 14.4. The zero-order valence-corrected chi connectivity index (χ0v) is 15.4. The second-order valence-electron chi connectivity index (χ2n) is 6.29. The third-order valence-electron chi connectivity index (χ3n) is 4.33. The fourth-order valence-corrected chi connectivity index (χ4v) is 3.12. The summed E-state index contributed by atoms with van der Waals surface area (Å²) in [6.45, 7) is 3.22. The Balaban J connectivity index is 1.57. The summed E-state index contributed by atoms with van der Waals surface area (Å²) >= 11 is 5.31. The molecule has 26 heavy (non-hydrogen) atoms. The summed E-state index contributed by atoms with van der Waals surface area (Å²) < 4.78 is 0. The fourth-order valence-electron chi connectivity index (χ4n) is 2.88. The van der Waals surface area contributed by atoms with Crippen molar-refractivity contribution in [1.82, 2.24) is 4.90 Å². The van der Waals surface area contributed by atoms with Crippen molar-refractivity contribution in [3.63, 3.8) is 0 Å². The average Bonchev–Trinajstić information content (AvgIpc) is 3.17. The van der Waals surface area contributed by atoms with E-state index in [0.29, 0.717) is 16.2 Å². The second kappa shape index (κ2) is 8.10. The number of carbonyl (C=O) groups is 2. The molecule has 2 aromatic rings. The molecule has 2 aromatic carbocycles. The van der Waals surface area contributed by atoms with Crippen LogP contribution in [0.5, 0.6) is 0 Å². The molecule has 0 aromatic heterocycles. The van der Waals surface area contributed by atoms with Gasteiger partial charge in [-0.1, -0.05) is 0 Å². The lowest BCUT2D eigenvalue weighted by Gasteiger charge is -2.15. The predicted molar refractivity (Wildman–Crippen MR) is 108 cm³/mol. The van der Waals surface area contributed by atoms with Gasteiger partial charge in [0.25, 0.3) is 5.91 Å². The minimum absolute atomic E-state index is 0.0285. The maximum atomic E-state index is 12.3. The number of hydrogen-bond donors (Lipinski definition) is 2. The van der Waals surface area contributed by atoms with Gasteiger partial charge in [0.15, 0.2) is 10.9 Å².